The van der Waals surface area contributed by atoms with Crippen molar-refractivity contribution in [2.24, 2.45) is 4.99 Å². The third-order valence-corrected chi connectivity index (χ3v) is 6.62. The molecule has 0 bridgehead atoms. The number of nitrogens with one attached hydrogen (secondary N) is 1. The zero-order valence-corrected chi connectivity index (χ0v) is 16.8. The van der Waals surface area contributed by atoms with E-state index in [0.717, 1.165) is 35.5 Å². The number of anilines is 1. The minimum Gasteiger partial charge on any atom is -0.384 e. The van der Waals surface area contributed by atoms with Crippen LogP contribution in [0, 0.1) is 6.92 Å². The molecule has 27 heavy (non-hydrogen) atoms. The summed E-state index contributed by atoms with van der Waals surface area (Å²) in [7, 11) is 0.0250. The van der Waals surface area contributed by atoms with Gasteiger partial charge in [0, 0.05) is 25.8 Å². The Labute approximate surface area is 160 Å². The summed E-state index contributed by atoms with van der Waals surface area (Å²) in [5, 5.41) is 3.43. The molecule has 0 saturated carbocycles. The fraction of sp³-hybridized carbons (Fsp3) is 0.421. The first-order valence-electron chi connectivity index (χ1n) is 9.04. The topological polar surface area (TPSA) is 92.7 Å². The number of aryl methyl sites for hydroxylation is 1. The summed E-state index contributed by atoms with van der Waals surface area (Å²) in [4.78, 5) is 6.79. The lowest BCUT2D eigenvalue weighted by Gasteiger charge is -2.31. The SMILES string of the molecule is CN=C(N[C@H]1CCCN(C)C1)c1ccn(S(=O)(=O)c2ccc(C)cc2)c1N. The maximum absolute atomic E-state index is 12.9. The molecule has 0 unspecified atom stereocenters. The Balaban J connectivity index is 1.88. The molecule has 0 aliphatic carbocycles. The summed E-state index contributed by atoms with van der Waals surface area (Å²) in [6.45, 7) is 3.92. The van der Waals surface area contributed by atoms with Gasteiger partial charge in [-0.05, 0) is 51.6 Å². The summed E-state index contributed by atoms with van der Waals surface area (Å²) in [5.74, 6) is 0.776. The van der Waals surface area contributed by atoms with Gasteiger partial charge in [0.25, 0.3) is 10.0 Å². The van der Waals surface area contributed by atoms with E-state index >= 15 is 0 Å². The second-order valence-corrected chi connectivity index (χ2v) is 8.86. The third-order valence-electron chi connectivity index (χ3n) is 4.91. The van der Waals surface area contributed by atoms with Gasteiger partial charge in [-0.15, -0.1) is 0 Å². The Morgan fingerprint density at radius 2 is 1.96 bits per heavy atom. The maximum Gasteiger partial charge on any atom is 0.269 e. The Hall–Kier alpha value is -2.32. The van der Waals surface area contributed by atoms with Gasteiger partial charge in [0.2, 0.25) is 0 Å². The van der Waals surface area contributed by atoms with Crippen molar-refractivity contribution in [1.29, 1.82) is 0 Å². The Morgan fingerprint density at radius 1 is 1.26 bits per heavy atom. The average molecular weight is 390 g/mol. The average Bonchev–Trinajstić information content (AvgIpc) is 3.02. The number of hydrogen-bond donors (Lipinski definition) is 2. The standard InChI is InChI=1S/C19H27N5O2S/c1-14-6-8-16(9-7-14)27(25,26)24-12-10-17(18(24)20)19(21-2)22-15-5-4-11-23(3)13-15/h6-10,12,15H,4-5,11,13,20H2,1-3H3,(H,21,22)/t15-/m0/s1. The van der Waals surface area contributed by atoms with E-state index in [4.69, 9.17) is 5.73 Å². The van der Waals surface area contributed by atoms with Crippen LogP contribution in [0.1, 0.15) is 24.0 Å². The first-order chi connectivity index (χ1) is 12.8. The van der Waals surface area contributed by atoms with E-state index < -0.39 is 10.0 Å². The molecule has 1 atom stereocenters. The van der Waals surface area contributed by atoms with Gasteiger partial charge in [0.05, 0.1) is 10.5 Å². The van der Waals surface area contributed by atoms with Gasteiger partial charge >= 0.3 is 0 Å². The molecular weight excluding hydrogens is 362 g/mol. The number of piperidine rings is 1. The van der Waals surface area contributed by atoms with Gasteiger partial charge < -0.3 is 16.0 Å². The molecule has 0 amide bonds. The molecule has 3 N–H and O–H groups in total. The molecule has 2 heterocycles. The van der Waals surface area contributed by atoms with E-state index in [1.54, 1.807) is 37.4 Å². The normalized spacial score (nSPS) is 19.2. The van der Waals surface area contributed by atoms with Crippen molar-refractivity contribution >= 4 is 21.7 Å². The third kappa shape index (κ3) is 4.01. The molecule has 8 heteroatoms. The number of nitrogens with zero attached hydrogens (tertiary/aromatic N) is 3. The number of rotatable bonds is 4. The van der Waals surface area contributed by atoms with Crippen LogP contribution in [0.2, 0.25) is 0 Å². The summed E-state index contributed by atoms with van der Waals surface area (Å²) in [5.41, 5.74) is 7.81. The van der Waals surface area contributed by atoms with Crippen molar-refractivity contribution in [2.45, 2.75) is 30.7 Å². The van der Waals surface area contributed by atoms with Gasteiger partial charge in [-0.2, -0.15) is 0 Å². The zero-order valence-electron chi connectivity index (χ0n) is 16.0. The van der Waals surface area contributed by atoms with E-state index in [1.807, 2.05) is 6.92 Å². The minimum absolute atomic E-state index is 0.160. The fourth-order valence-electron chi connectivity index (χ4n) is 3.40. The molecule has 146 valence electrons. The number of likely N-dealkylation sites (N-methyl/N-ethyl adjacent to an activating group) is 1. The second-order valence-electron chi connectivity index (χ2n) is 7.05. The van der Waals surface area contributed by atoms with Crippen LogP contribution in [-0.2, 0) is 10.0 Å². The molecule has 1 aliphatic heterocycles. The highest BCUT2D eigenvalue weighted by atomic mass is 32.2. The molecular formula is C19H27N5O2S. The van der Waals surface area contributed by atoms with Gasteiger partial charge in [0.15, 0.2) is 0 Å². The lowest BCUT2D eigenvalue weighted by atomic mass is 10.1. The molecule has 2 aromatic rings. The summed E-state index contributed by atoms with van der Waals surface area (Å²) in [6, 6.07) is 8.69. The first-order valence-corrected chi connectivity index (χ1v) is 10.5. The molecule has 3 rings (SSSR count). The number of nitrogen functional groups attached to an aromatic ring is 1. The van der Waals surface area contributed by atoms with Crippen LogP contribution in [-0.4, -0.2) is 56.4 Å². The highest BCUT2D eigenvalue weighted by molar-refractivity contribution is 7.90. The lowest BCUT2D eigenvalue weighted by molar-refractivity contribution is 0.241. The van der Waals surface area contributed by atoms with Crippen LogP contribution in [0.3, 0.4) is 0 Å². The van der Waals surface area contributed by atoms with Crippen molar-refractivity contribution < 1.29 is 8.42 Å². The number of likely N-dealkylation sites (tertiary alicyclic amines) is 1. The molecule has 1 aliphatic rings. The highest BCUT2D eigenvalue weighted by Crippen LogP contribution is 2.22. The summed E-state index contributed by atoms with van der Waals surface area (Å²) in [6.07, 6.45) is 3.65. The van der Waals surface area contributed by atoms with Crippen LogP contribution in [0.15, 0.2) is 46.4 Å². The Kier molecular flexibility index (Phi) is 5.57. The molecule has 1 aromatic heterocycles. The number of nitrogens with two attached hydrogens (primary N) is 1. The first kappa shape index (κ1) is 19.4. The van der Waals surface area contributed by atoms with E-state index in [1.165, 1.54) is 6.20 Å². The largest absolute Gasteiger partial charge is 0.384 e. The second kappa shape index (κ2) is 7.74. The fourth-order valence-corrected chi connectivity index (χ4v) is 4.69. The zero-order chi connectivity index (χ0) is 19.6. The number of aliphatic imine (C=N–C) groups is 1. The van der Waals surface area contributed by atoms with Crippen LogP contribution >= 0.6 is 0 Å². The van der Waals surface area contributed by atoms with Crippen LogP contribution in [0.4, 0.5) is 5.82 Å². The van der Waals surface area contributed by atoms with Crippen molar-refractivity contribution in [1.82, 2.24) is 14.2 Å². The summed E-state index contributed by atoms with van der Waals surface area (Å²) >= 11 is 0. The van der Waals surface area contributed by atoms with E-state index in [-0.39, 0.29) is 16.8 Å². The van der Waals surface area contributed by atoms with E-state index in [0.29, 0.717) is 11.4 Å². The van der Waals surface area contributed by atoms with Gasteiger partial charge in [-0.25, -0.2) is 12.4 Å². The number of amidine groups is 1. The number of aromatic nitrogens is 1. The Morgan fingerprint density at radius 3 is 2.59 bits per heavy atom. The van der Waals surface area contributed by atoms with Gasteiger partial charge in [-0.1, -0.05) is 17.7 Å². The molecule has 1 aromatic carbocycles. The predicted molar refractivity (Wildman–Crippen MR) is 109 cm³/mol. The van der Waals surface area contributed by atoms with Crippen LogP contribution in [0.5, 0.6) is 0 Å². The van der Waals surface area contributed by atoms with E-state index in [2.05, 4.69) is 22.3 Å². The number of hydrogen-bond acceptors (Lipinski definition) is 5. The monoisotopic (exact) mass is 389 g/mol. The number of benzene rings is 1. The van der Waals surface area contributed by atoms with Crippen LogP contribution in [0.25, 0.3) is 0 Å². The minimum atomic E-state index is -3.75. The maximum atomic E-state index is 12.9. The molecule has 7 nitrogen and oxygen atoms in total. The molecule has 0 radical (unpaired) electrons. The summed E-state index contributed by atoms with van der Waals surface area (Å²) < 4.78 is 27.0. The van der Waals surface area contributed by atoms with Crippen molar-refractivity contribution in [2.75, 3.05) is 32.9 Å². The van der Waals surface area contributed by atoms with Gasteiger partial charge in [0.1, 0.15) is 11.7 Å². The van der Waals surface area contributed by atoms with Crippen molar-refractivity contribution in [3.8, 4) is 0 Å². The van der Waals surface area contributed by atoms with Crippen molar-refractivity contribution in [3.05, 3.63) is 47.7 Å². The molecule has 0 spiro atoms. The smallest absolute Gasteiger partial charge is 0.269 e. The Bertz CT molecular complexity index is 932. The highest BCUT2D eigenvalue weighted by Gasteiger charge is 2.24. The lowest BCUT2D eigenvalue weighted by Crippen LogP contribution is -2.46. The molecule has 1 fully saturated rings. The predicted octanol–water partition coefficient (Wildman–Crippen LogP) is 1.68. The van der Waals surface area contributed by atoms with Crippen LogP contribution < -0.4 is 11.1 Å². The van der Waals surface area contributed by atoms with E-state index in [9.17, 15) is 8.42 Å². The quantitative estimate of drug-likeness (QED) is 0.613. The molecule has 1 saturated heterocycles. The van der Waals surface area contributed by atoms with Gasteiger partial charge in [-0.3, -0.25) is 4.99 Å². The van der Waals surface area contributed by atoms with Crippen molar-refractivity contribution in [3.63, 3.8) is 0 Å².